The molecule has 0 aliphatic rings. The molecule has 0 aliphatic heterocycles. The number of thiophene rings is 1. The third-order valence-corrected chi connectivity index (χ3v) is 9.78. The van der Waals surface area contributed by atoms with Crippen LogP contribution in [0.2, 0.25) is 0 Å². The monoisotopic (exact) mass is 568 g/mol. The Morgan fingerprint density at radius 1 is 0.795 bits per heavy atom. The van der Waals surface area contributed by atoms with Gasteiger partial charge in [0.25, 0.3) is 0 Å². The number of hydrogen-bond acceptors (Lipinski definition) is 5. The fourth-order valence-corrected chi connectivity index (χ4v) is 7.46. The lowest BCUT2D eigenvalue weighted by Crippen LogP contribution is -2.27. The topological polar surface area (TPSA) is 94.8 Å². The lowest BCUT2D eigenvalue weighted by Gasteiger charge is -2.28. The van der Waals surface area contributed by atoms with Gasteiger partial charge in [0.2, 0.25) is 0 Å². The van der Waals surface area contributed by atoms with Crippen LogP contribution in [0.1, 0.15) is 83.9 Å². The second-order valence-corrected chi connectivity index (χ2v) is 12.5. The molecule has 0 fully saturated rings. The summed E-state index contributed by atoms with van der Waals surface area (Å²) in [5.41, 5.74) is 3.27. The van der Waals surface area contributed by atoms with Crippen molar-refractivity contribution < 1.29 is 24.9 Å². The van der Waals surface area contributed by atoms with Gasteiger partial charge in [-0.3, -0.25) is 4.79 Å². The Morgan fingerprint density at radius 2 is 1.44 bits per heavy atom. The van der Waals surface area contributed by atoms with E-state index < -0.39 is 29.2 Å². The van der Waals surface area contributed by atoms with Crippen molar-refractivity contribution in [2.45, 2.75) is 81.3 Å². The number of aliphatic hydroxyl groups excluding tert-OH is 1. The predicted molar refractivity (Wildman–Crippen MR) is 160 cm³/mol. The van der Waals surface area contributed by atoms with E-state index in [4.69, 9.17) is 0 Å². The summed E-state index contributed by atoms with van der Waals surface area (Å²) in [5, 5.41) is 31.1. The number of carbonyl (C=O) groups is 2. The fourth-order valence-electron chi connectivity index (χ4n) is 4.80. The number of benzene rings is 2. The standard InChI is InChI=1S/C32H40O5S2/c1-23(31(34)35)22-28(27-20-13-21-38-27)39-30(29(33)32(36)37)26-19-12-11-18-25(26)17-10-5-3-2-4-7-14-24-15-8-6-9-16-24/h6,8-9,11-13,15-16,18-21,23,28-30,33H,2-5,7,10,14,17,22H2,1H3,(H,34,35)(H,36,37). The van der Waals surface area contributed by atoms with Gasteiger partial charge in [-0.2, -0.15) is 0 Å². The smallest absolute Gasteiger partial charge is 0.334 e. The molecule has 1 heterocycles. The quantitative estimate of drug-likeness (QED) is 0.135. The summed E-state index contributed by atoms with van der Waals surface area (Å²) in [6, 6.07) is 22.2. The molecule has 4 unspecified atom stereocenters. The summed E-state index contributed by atoms with van der Waals surface area (Å²) < 4.78 is 0. The van der Waals surface area contributed by atoms with Crippen LogP contribution in [0, 0.1) is 5.92 Å². The fraction of sp³-hybridized carbons (Fsp3) is 0.438. The Morgan fingerprint density at radius 3 is 2.08 bits per heavy atom. The first kappa shape index (κ1) is 30.9. The van der Waals surface area contributed by atoms with Crippen molar-refractivity contribution in [1.82, 2.24) is 0 Å². The lowest BCUT2D eigenvalue weighted by atomic mass is 9.96. The Balaban J connectivity index is 1.61. The predicted octanol–water partition coefficient (Wildman–Crippen LogP) is 7.95. The van der Waals surface area contributed by atoms with E-state index in [-0.39, 0.29) is 5.25 Å². The van der Waals surface area contributed by atoms with E-state index in [1.165, 1.54) is 54.3 Å². The van der Waals surface area contributed by atoms with Gasteiger partial charge < -0.3 is 15.3 Å². The van der Waals surface area contributed by atoms with Crippen LogP contribution in [-0.2, 0) is 22.4 Å². The van der Waals surface area contributed by atoms with Crippen molar-refractivity contribution in [3.05, 3.63) is 93.7 Å². The minimum atomic E-state index is -1.59. The maximum absolute atomic E-state index is 11.9. The van der Waals surface area contributed by atoms with Crippen LogP contribution < -0.4 is 0 Å². The van der Waals surface area contributed by atoms with Crippen LogP contribution in [0.3, 0.4) is 0 Å². The molecular weight excluding hydrogens is 528 g/mol. The molecule has 0 saturated heterocycles. The molecule has 210 valence electrons. The molecule has 0 spiro atoms. The molecule has 4 atom stereocenters. The third-order valence-electron chi connectivity index (χ3n) is 7.07. The second kappa shape index (κ2) is 16.5. The molecule has 3 N–H and O–H groups in total. The molecule has 0 bridgehead atoms. The number of aliphatic hydroxyl groups is 1. The van der Waals surface area contributed by atoms with E-state index in [1.54, 1.807) is 6.92 Å². The van der Waals surface area contributed by atoms with Gasteiger partial charge in [0, 0.05) is 10.1 Å². The molecule has 0 aliphatic carbocycles. The molecule has 1 aromatic heterocycles. The van der Waals surface area contributed by atoms with Gasteiger partial charge in [-0.1, -0.05) is 93.3 Å². The van der Waals surface area contributed by atoms with Crippen molar-refractivity contribution in [2.24, 2.45) is 5.92 Å². The van der Waals surface area contributed by atoms with E-state index >= 15 is 0 Å². The molecule has 5 nitrogen and oxygen atoms in total. The van der Waals surface area contributed by atoms with Crippen molar-refractivity contribution in [2.75, 3.05) is 0 Å². The Bertz CT molecular complexity index is 1130. The number of carboxylic acid groups (broad SMARTS) is 2. The van der Waals surface area contributed by atoms with Crippen LogP contribution >= 0.6 is 23.1 Å². The highest BCUT2D eigenvalue weighted by Crippen LogP contribution is 2.47. The van der Waals surface area contributed by atoms with Crippen molar-refractivity contribution in [3.63, 3.8) is 0 Å². The van der Waals surface area contributed by atoms with Crippen LogP contribution in [0.4, 0.5) is 0 Å². The number of carboxylic acids is 2. The Kier molecular flexibility index (Phi) is 13.1. The summed E-state index contributed by atoms with van der Waals surface area (Å²) in [4.78, 5) is 24.5. The SMILES string of the molecule is CC(CC(SC(c1ccccc1CCCCCCCCc1ccccc1)C(O)C(=O)O)c1cccs1)C(=O)O. The second-order valence-electron chi connectivity index (χ2n) is 10.1. The zero-order chi connectivity index (χ0) is 28.0. The first-order valence-corrected chi connectivity index (χ1v) is 15.6. The summed E-state index contributed by atoms with van der Waals surface area (Å²) >= 11 is 2.89. The van der Waals surface area contributed by atoms with E-state index in [0.29, 0.717) is 6.42 Å². The molecule has 7 heteroatoms. The average molecular weight is 569 g/mol. The van der Waals surface area contributed by atoms with Crippen LogP contribution in [0.5, 0.6) is 0 Å². The van der Waals surface area contributed by atoms with Crippen LogP contribution in [-0.4, -0.2) is 33.4 Å². The number of aryl methyl sites for hydroxylation is 2. The molecule has 0 radical (unpaired) electrons. The molecule has 3 aromatic rings. The van der Waals surface area contributed by atoms with Gasteiger partial charge in [0.05, 0.1) is 11.2 Å². The third kappa shape index (κ3) is 10.1. The van der Waals surface area contributed by atoms with Gasteiger partial charge in [-0.15, -0.1) is 23.1 Å². The largest absolute Gasteiger partial charge is 0.481 e. The number of hydrogen-bond donors (Lipinski definition) is 3. The van der Waals surface area contributed by atoms with Crippen LogP contribution in [0.15, 0.2) is 72.1 Å². The summed E-state index contributed by atoms with van der Waals surface area (Å²) in [7, 11) is 0. The Labute approximate surface area is 240 Å². The van der Waals surface area contributed by atoms with Gasteiger partial charge >= 0.3 is 11.9 Å². The lowest BCUT2D eigenvalue weighted by molar-refractivity contribution is -0.146. The molecular formula is C32H40O5S2. The molecule has 3 rings (SSSR count). The van der Waals surface area contributed by atoms with Crippen molar-refractivity contribution >= 4 is 35.0 Å². The molecule has 0 saturated carbocycles. The van der Waals surface area contributed by atoms with Gasteiger partial charge in [0.1, 0.15) is 0 Å². The number of thioether (sulfide) groups is 1. The van der Waals surface area contributed by atoms with E-state index in [2.05, 4.69) is 24.3 Å². The average Bonchev–Trinajstić information content (AvgIpc) is 3.48. The first-order chi connectivity index (χ1) is 18.9. The highest BCUT2D eigenvalue weighted by atomic mass is 32.2. The zero-order valence-corrected chi connectivity index (χ0v) is 24.2. The van der Waals surface area contributed by atoms with E-state index in [1.807, 2.05) is 47.8 Å². The molecule has 39 heavy (non-hydrogen) atoms. The van der Waals surface area contributed by atoms with Gasteiger partial charge in [0.15, 0.2) is 6.10 Å². The normalized spacial score (nSPS) is 14.4. The maximum Gasteiger partial charge on any atom is 0.334 e. The minimum Gasteiger partial charge on any atom is -0.481 e. The van der Waals surface area contributed by atoms with Gasteiger partial charge in [-0.05, 0) is 60.2 Å². The van der Waals surface area contributed by atoms with Crippen molar-refractivity contribution in [3.8, 4) is 0 Å². The maximum atomic E-state index is 11.9. The zero-order valence-electron chi connectivity index (χ0n) is 22.6. The highest BCUT2D eigenvalue weighted by molar-refractivity contribution is 8.00. The summed E-state index contributed by atoms with van der Waals surface area (Å²) in [6.07, 6.45) is 7.59. The van der Waals surface area contributed by atoms with E-state index in [0.717, 1.165) is 41.7 Å². The summed E-state index contributed by atoms with van der Waals surface area (Å²) in [6.45, 7) is 1.67. The number of unbranched alkanes of at least 4 members (excludes halogenated alkanes) is 5. The summed E-state index contributed by atoms with van der Waals surface area (Å²) in [5.74, 6) is -2.74. The highest BCUT2D eigenvalue weighted by Gasteiger charge is 2.33. The van der Waals surface area contributed by atoms with Crippen molar-refractivity contribution in [1.29, 1.82) is 0 Å². The Hall–Kier alpha value is -2.61. The molecule has 2 aromatic carbocycles. The minimum absolute atomic E-state index is 0.237. The van der Waals surface area contributed by atoms with E-state index in [9.17, 15) is 24.9 Å². The number of rotatable bonds is 18. The number of aliphatic carboxylic acids is 2. The van der Waals surface area contributed by atoms with Crippen LogP contribution in [0.25, 0.3) is 0 Å². The molecule has 0 amide bonds. The van der Waals surface area contributed by atoms with Gasteiger partial charge in [-0.25, -0.2) is 4.79 Å². The first-order valence-electron chi connectivity index (χ1n) is 13.8.